The van der Waals surface area contributed by atoms with Crippen LogP contribution in [0.2, 0.25) is 5.02 Å². The Morgan fingerprint density at radius 3 is 2.75 bits per heavy atom. The minimum atomic E-state index is -2.45. The molecule has 0 saturated heterocycles. The van der Waals surface area contributed by atoms with E-state index in [2.05, 4.69) is 0 Å². The van der Waals surface area contributed by atoms with E-state index in [1.165, 1.54) is 6.07 Å². The number of hydrogen-bond donors (Lipinski definition) is 0. The summed E-state index contributed by atoms with van der Waals surface area (Å²) in [5.74, 6) is 0.364. The molecule has 12 heavy (non-hydrogen) atoms. The average molecular weight is 193 g/mol. The van der Waals surface area contributed by atoms with E-state index in [0.29, 0.717) is 10.8 Å². The molecule has 0 aliphatic carbocycles. The zero-order valence-electron chi connectivity index (χ0n) is 6.14. The van der Waals surface area contributed by atoms with Gasteiger partial charge in [-0.1, -0.05) is 17.7 Å². The number of ether oxygens (including phenoxy) is 1. The highest BCUT2D eigenvalue weighted by atomic mass is 35.5. The lowest BCUT2D eigenvalue weighted by atomic mass is 10.3. The number of hydrogen-bond acceptors (Lipinski definition) is 1. The Bertz CT molecular complexity index is 253. The topological polar surface area (TPSA) is 9.23 Å². The number of benzene rings is 1. The van der Waals surface area contributed by atoms with Crippen molar-refractivity contribution in [1.29, 1.82) is 0 Å². The summed E-state index contributed by atoms with van der Waals surface area (Å²) in [7, 11) is 0. The monoisotopic (exact) mass is 192 g/mol. The van der Waals surface area contributed by atoms with Crippen molar-refractivity contribution >= 4 is 11.6 Å². The van der Waals surface area contributed by atoms with Crippen LogP contribution in [-0.2, 0) is 0 Å². The van der Waals surface area contributed by atoms with Crippen molar-refractivity contribution in [2.24, 2.45) is 0 Å². The first-order chi connectivity index (χ1) is 5.68. The Balaban J connectivity index is 2.52. The van der Waals surface area contributed by atoms with Gasteiger partial charge in [0.25, 0.3) is 6.43 Å². The Morgan fingerprint density at radius 2 is 2.17 bits per heavy atom. The van der Waals surface area contributed by atoms with E-state index in [4.69, 9.17) is 16.3 Å². The molecule has 0 fully saturated rings. The number of alkyl halides is 2. The van der Waals surface area contributed by atoms with Crippen LogP contribution < -0.4 is 4.74 Å². The molecular formula is C8H7ClF2O. The third kappa shape index (κ3) is 3.05. The lowest BCUT2D eigenvalue weighted by Gasteiger charge is -2.04. The van der Waals surface area contributed by atoms with E-state index >= 15 is 0 Å². The molecule has 0 amide bonds. The fourth-order valence-electron chi connectivity index (χ4n) is 0.716. The molecule has 0 heterocycles. The predicted molar refractivity (Wildman–Crippen MR) is 43.0 cm³/mol. The Morgan fingerprint density at radius 1 is 1.42 bits per heavy atom. The average Bonchev–Trinajstić information content (AvgIpc) is 2.01. The second-order valence-electron chi connectivity index (χ2n) is 2.16. The molecule has 0 N–H and O–H groups in total. The van der Waals surface area contributed by atoms with Crippen LogP contribution in [0.1, 0.15) is 0 Å². The quantitative estimate of drug-likeness (QED) is 0.716. The first-order valence-corrected chi connectivity index (χ1v) is 3.73. The maximum absolute atomic E-state index is 11.7. The summed E-state index contributed by atoms with van der Waals surface area (Å²) < 4.78 is 28.0. The smallest absolute Gasteiger partial charge is 0.272 e. The van der Waals surface area contributed by atoms with Gasteiger partial charge in [-0.3, -0.25) is 0 Å². The lowest BCUT2D eigenvalue weighted by Crippen LogP contribution is -2.06. The maximum Gasteiger partial charge on any atom is 0.272 e. The van der Waals surface area contributed by atoms with Crippen LogP contribution in [0, 0.1) is 0 Å². The Kier molecular flexibility index (Phi) is 3.29. The fraction of sp³-hybridized carbons (Fsp3) is 0.250. The van der Waals surface area contributed by atoms with Gasteiger partial charge in [0.1, 0.15) is 12.4 Å². The zero-order valence-corrected chi connectivity index (χ0v) is 6.89. The van der Waals surface area contributed by atoms with Crippen LogP contribution in [0.5, 0.6) is 5.75 Å². The van der Waals surface area contributed by atoms with Gasteiger partial charge >= 0.3 is 0 Å². The van der Waals surface area contributed by atoms with Crippen molar-refractivity contribution in [3.8, 4) is 5.75 Å². The fourth-order valence-corrected chi connectivity index (χ4v) is 0.896. The molecule has 0 saturated carbocycles. The number of rotatable bonds is 3. The maximum atomic E-state index is 11.7. The molecule has 0 radical (unpaired) electrons. The van der Waals surface area contributed by atoms with Crippen molar-refractivity contribution in [2.75, 3.05) is 6.61 Å². The van der Waals surface area contributed by atoms with Crippen LogP contribution in [0.3, 0.4) is 0 Å². The minimum Gasteiger partial charge on any atom is -0.488 e. The lowest BCUT2D eigenvalue weighted by molar-refractivity contribution is 0.0819. The van der Waals surface area contributed by atoms with Crippen molar-refractivity contribution in [1.82, 2.24) is 0 Å². The van der Waals surface area contributed by atoms with Crippen LogP contribution in [0.25, 0.3) is 0 Å². The predicted octanol–water partition coefficient (Wildman–Crippen LogP) is 2.98. The van der Waals surface area contributed by atoms with Crippen LogP contribution in [-0.4, -0.2) is 13.0 Å². The van der Waals surface area contributed by atoms with Gasteiger partial charge in [-0.2, -0.15) is 0 Å². The van der Waals surface area contributed by atoms with Crippen molar-refractivity contribution in [3.05, 3.63) is 29.3 Å². The first kappa shape index (κ1) is 9.26. The largest absolute Gasteiger partial charge is 0.488 e. The van der Waals surface area contributed by atoms with Gasteiger partial charge in [0.05, 0.1) is 0 Å². The molecule has 0 unspecified atom stereocenters. The molecular weight excluding hydrogens is 186 g/mol. The van der Waals surface area contributed by atoms with E-state index in [1.807, 2.05) is 0 Å². The molecule has 0 bridgehead atoms. The van der Waals surface area contributed by atoms with Crippen molar-refractivity contribution in [2.45, 2.75) is 6.43 Å². The second kappa shape index (κ2) is 4.26. The highest BCUT2D eigenvalue weighted by Gasteiger charge is 2.02. The summed E-state index contributed by atoms with van der Waals surface area (Å²) in [5.41, 5.74) is 0. The van der Waals surface area contributed by atoms with Crippen molar-refractivity contribution < 1.29 is 13.5 Å². The van der Waals surface area contributed by atoms with Gasteiger partial charge in [-0.05, 0) is 18.2 Å². The van der Waals surface area contributed by atoms with Crippen LogP contribution in [0.15, 0.2) is 24.3 Å². The summed E-state index contributed by atoms with van der Waals surface area (Å²) in [6.07, 6.45) is -2.45. The molecule has 0 spiro atoms. The second-order valence-corrected chi connectivity index (χ2v) is 2.60. The summed E-state index contributed by atoms with van der Waals surface area (Å²) in [4.78, 5) is 0. The molecule has 4 heteroatoms. The van der Waals surface area contributed by atoms with Gasteiger partial charge in [0, 0.05) is 5.02 Å². The minimum absolute atomic E-state index is 0.364. The van der Waals surface area contributed by atoms with E-state index < -0.39 is 13.0 Å². The van der Waals surface area contributed by atoms with Gasteiger partial charge in [-0.25, -0.2) is 8.78 Å². The van der Waals surface area contributed by atoms with Crippen LogP contribution >= 0.6 is 11.6 Å². The highest BCUT2D eigenvalue weighted by molar-refractivity contribution is 6.30. The van der Waals surface area contributed by atoms with Gasteiger partial charge < -0.3 is 4.74 Å². The van der Waals surface area contributed by atoms with E-state index in [1.54, 1.807) is 18.2 Å². The molecule has 1 aromatic rings. The molecule has 0 aliphatic rings. The summed E-state index contributed by atoms with van der Waals surface area (Å²) in [6.45, 7) is -0.597. The van der Waals surface area contributed by atoms with E-state index in [0.717, 1.165) is 0 Å². The van der Waals surface area contributed by atoms with E-state index in [9.17, 15) is 8.78 Å². The molecule has 66 valence electrons. The summed E-state index contributed by atoms with van der Waals surface area (Å²) in [6, 6.07) is 6.36. The molecule has 0 aromatic heterocycles. The third-order valence-electron chi connectivity index (χ3n) is 1.17. The normalized spacial score (nSPS) is 10.3. The molecule has 0 atom stereocenters. The van der Waals surface area contributed by atoms with Gasteiger partial charge in [-0.15, -0.1) is 0 Å². The standard InChI is InChI=1S/C8H7ClF2O/c9-6-2-1-3-7(4-6)12-5-8(10)11/h1-4,8H,5H2. The molecule has 1 aromatic carbocycles. The molecule has 0 aliphatic heterocycles. The van der Waals surface area contributed by atoms with Gasteiger partial charge in [0.15, 0.2) is 0 Å². The summed E-state index contributed by atoms with van der Waals surface area (Å²) >= 11 is 5.59. The van der Waals surface area contributed by atoms with E-state index in [-0.39, 0.29) is 0 Å². The summed E-state index contributed by atoms with van der Waals surface area (Å²) in [5, 5.41) is 0.474. The SMILES string of the molecule is FC(F)COc1cccc(Cl)c1. The van der Waals surface area contributed by atoms with Crippen LogP contribution in [0.4, 0.5) is 8.78 Å². The number of halogens is 3. The molecule has 1 rings (SSSR count). The molecule has 1 nitrogen and oxygen atoms in total. The first-order valence-electron chi connectivity index (χ1n) is 3.35. The Hall–Kier alpha value is -0.830. The Labute approximate surface area is 73.9 Å². The van der Waals surface area contributed by atoms with Gasteiger partial charge in [0.2, 0.25) is 0 Å². The zero-order chi connectivity index (χ0) is 8.97. The third-order valence-corrected chi connectivity index (χ3v) is 1.41. The van der Waals surface area contributed by atoms with Crippen molar-refractivity contribution in [3.63, 3.8) is 0 Å². The highest BCUT2D eigenvalue weighted by Crippen LogP contribution is 2.17.